The lowest BCUT2D eigenvalue weighted by atomic mass is 9.71. The molecule has 0 aromatic heterocycles. The number of methoxy groups -OCH3 is 2. The highest BCUT2D eigenvalue weighted by atomic mass is 16.6. The van der Waals surface area contributed by atoms with Crippen LogP contribution in [0.4, 0.5) is 5.69 Å². The van der Waals surface area contributed by atoms with Gasteiger partial charge in [0, 0.05) is 29.0 Å². The summed E-state index contributed by atoms with van der Waals surface area (Å²) in [5.41, 5.74) is 2.62. The van der Waals surface area contributed by atoms with E-state index >= 15 is 0 Å². The fourth-order valence-corrected chi connectivity index (χ4v) is 6.46. The van der Waals surface area contributed by atoms with Crippen molar-refractivity contribution in [2.45, 2.75) is 19.4 Å². The maximum atomic E-state index is 13.6. The molecule has 2 aromatic rings. The number of ether oxygens (including phenoxy) is 2. The number of carbonyl (C=O) groups is 3. The largest absolute Gasteiger partial charge is 0.497 e. The molecule has 2 amide bonds. The highest BCUT2D eigenvalue weighted by Crippen LogP contribution is 2.62. The van der Waals surface area contributed by atoms with Crippen LogP contribution < -0.4 is 14.4 Å². The topological polar surface area (TPSA) is 94.5 Å². The molecular formula is C26H24N2O6. The van der Waals surface area contributed by atoms with Gasteiger partial charge in [-0.1, -0.05) is 5.16 Å². The van der Waals surface area contributed by atoms with Gasteiger partial charge in [0.15, 0.2) is 5.78 Å². The molecule has 2 aromatic carbocycles. The quantitative estimate of drug-likeness (QED) is 0.503. The zero-order chi connectivity index (χ0) is 23.7. The molecule has 2 heterocycles. The van der Waals surface area contributed by atoms with Crippen LogP contribution in [0.25, 0.3) is 0 Å². The summed E-state index contributed by atoms with van der Waals surface area (Å²) in [7, 11) is 3.19. The van der Waals surface area contributed by atoms with Crippen molar-refractivity contribution in [2.75, 3.05) is 19.1 Å². The Morgan fingerprint density at radius 2 is 1.68 bits per heavy atom. The van der Waals surface area contributed by atoms with Gasteiger partial charge in [0.1, 0.15) is 17.6 Å². The first-order valence-corrected chi connectivity index (χ1v) is 11.4. The molecule has 6 atom stereocenters. The SMILES string of the molecule is COc1ccc(C2=NO[C@@H]3[C@H]4C[C@@H]([C@H]23)[C@@H]2C(=O)N(c3ccc(C(C)=O)cc3)C(=O)[C@H]42)c(OC)c1. The Labute approximate surface area is 196 Å². The smallest absolute Gasteiger partial charge is 0.238 e. The Morgan fingerprint density at radius 1 is 0.971 bits per heavy atom. The molecule has 6 rings (SSSR count). The Morgan fingerprint density at radius 3 is 2.32 bits per heavy atom. The van der Waals surface area contributed by atoms with Crippen molar-refractivity contribution in [1.29, 1.82) is 0 Å². The lowest BCUT2D eigenvalue weighted by Gasteiger charge is -2.30. The third kappa shape index (κ3) is 2.71. The molecule has 0 N–H and O–H groups in total. The number of fused-ring (bicyclic) bond motifs is 8. The van der Waals surface area contributed by atoms with Crippen LogP contribution >= 0.6 is 0 Å². The molecule has 2 bridgehead atoms. The van der Waals surface area contributed by atoms with Gasteiger partial charge in [0.25, 0.3) is 0 Å². The van der Waals surface area contributed by atoms with Crippen molar-refractivity contribution in [3.05, 3.63) is 53.6 Å². The molecule has 2 saturated carbocycles. The number of hydrogen-bond acceptors (Lipinski definition) is 7. The summed E-state index contributed by atoms with van der Waals surface area (Å²) in [6, 6.07) is 12.2. The second kappa shape index (κ2) is 7.41. The zero-order valence-electron chi connectivity index (χ0n) is 19.1. The van der Waals surface area contributed by atoms with Crippen molar-refractivity contribution in [1.82, 2.24) is 0 Å². The van der Waals surface area contributed by atoms with E-state index in [9.17, 15) is 14.4 Å². The summed E-state index contributed by atoms with van der Waals surface area (Å²) in [6.45, 7) is 1.49. The minimum Gasteiger partial charge on any atom is -0.497 e. The Hall–Kier alpha value is -3.68. The van der Waals surface area contributed by atoms with Crippen LogP contribution in [0, 0.1) is 29.6 Å². The van der Waals surface area contributed by atoms with E-state index in [1.807, 2.05) is 12.1 Å². The van der Waals surface area contributed by atoms with Gasteiger partial charge < -0.3 is 14.3 Å². The van der Waals surface area contributed by atoms with E-state index in [1.54, 1.807) is 44.6 Å². The number of amides is 2. The van der Waals surface area contributed by atoms with E-state index in [4.69, 9.17) is 14.3 Å². The van der Waals surface area contributed by atoms with Crippen LogP contribution in [0.2, 0.25) is 0 Å². The van der Waals surface area contributed by atoms with E-state index in [0.717, 1.165) is 17.7 Å². The summed E-state index contributed by atoms with van der Waals surface area (Å²) in [5.74, 6) is -0.109. The van der Waals surface area contributed by atoms with Gasteiger partial charge >= 0.3 is 0 Å². The number of ketones is 1. The lowest BCUT2D eigenvalue weighted by Crippen LogP contribution is -2.41. The number of carbonyl (C=O) groups excluding carboxylic acids is 3. The summed E-state index contributed by atoms with van der Waals surface area (Å²) in [6.07, 6.45) is 0.529. The average molecular weight is 460 g/mol. The third-order valence-corrected chi connectivity index (χ3v) is 7.91. The molecule has 1 saturated heterocycles. The molecule has 0 spiro atoms. The number of anilines is 1. The van der Waals surface area contributed by atoms with E-state index in [1.165, 1.54) is 11.8 Å². The molecule has 8 heteroatoms. The Bertz CT molecular complexity index is 1250. The predicted molar refractivity (Wildman–Crippen MR) is 122 cm³/mol. The predicted octanol–water partition coefficient (Wildman–Crippen LogP) is 3.08. The summed E-state index contributed by atoms with van der Waals surface area (Å²) in [5, 5.41) is 4.40. The zero-order valence-corrected chi connectivity index (χ0v) is 19.1. The van der Waals surface area contributed by atoms with Crippen LogP contribution in [-0.4, -0.2) is 43.6 Å². The van der Waals surface area contributed by atoms with Crippen LogP contribution in [0.5, 0.6) is 11.5 Å². The van der Waals surface area contributed by atoms with E-state index in [-0.39, 0.29) is 41.5 Å². The standard InChI is InChI=1S/C26H24N2O6/c1-12(29)13-4-6-14(7-5-13)28-25(30)20-17-11-18(21(20)26(28)31)24-22(17)23(27-34-24)16-9-8-15(32-2)10-19(16)33-3/h4-10,17-18,20-22,24H,11H2,1-3H3/t17-,18+,20+,21-,22-,24-/m1/s1. The Kier molecular flexibility index (Phi) is 4.56. The highest BCUT2D eigenvalue weighted by Gasteiger charge is 2.70. The normalized spacial score (nSPS) is 30.7. The maximum absolute atomic E-state index is 13.6. The fourth-order valence-electron chi connectivity index (χ4n) is 6.46. The number of hydrogen-bond donors (Lipinski definition) is 0. The van der Waals surface area contributed by atoms with E-state index in [0.29, 0.717) is 22.7 Å². The third-order valence-electron chi connectivity index (χ3n) is 7.91. The summed E-state index contributed by atoms with van der Waals surface area (Å²) < 4.78 is 10.9. The molecule has 8 nitrogen and oxygen atoms in total. The van der Waals surface area contributed by atoms with Gasteiger partial charge in [-0.15, -0.1) is 0 Å². The molecule has 2 aliphatic heterocycles. The van der Waals surface area contributed by atoms with Crippen molar-refractivity contribution >= 4 is 29.0 Å². The molecule has 2 aliphatic carbocycles. The van der Waals surface area contributed by atoms with Gasteiger partial charge in [-0.05, 0) is 55.7 Å². The van der Waals surface area contributed by atoms with Crippen LogP contribution in [0.15, 0.2) is 47.6 Å². The second-order valence-electron chi connectivity index (χ2n) is 9.37. The van der Waals surface area contributed by atoms with Crippen molar-refractivity contribution in [3.8, 4) is 11.5 Å². The van der Waals surface area contributed by atoms with E-state index < -0.39 is 11.8 Å². The monoisotopic (exact) mass is 460 g/mol. The molecular weight excluding hydrogens is 436 g/mol. The van der Waals surface area contributed by atoms with Crippen LogP contribution in [0.1, 0.15) is 29.3 Å². The first-order valence-electron chi connectivity index (χ1n) is 11.4. The number of benzene rings is 2. The first kappa shape index (κ1) is 20.9. The minimum atomic E-state index is -0.404. The van der Waals surface area contributed by atoms with Gasteiger partial charge in [0.2, 0.25) is 11.8 Å². The molecule has 4 aliphatic rings. The van der Waals surface area contributed by atoms with E-state index in [2.05, 4.69) is 5.16 Å². The van der Waals surface area contributed by atoms with Crippen molar-refractivity contribution < 1.29 is 28.7 Å². The van der Waals surface area contributed by atoms with Gasteiger partial charge in [-0.2, -0.15) is 0 Å². The lowest BCUT2D eigenvalue weighted by molar-refractivity contribution is -0.125. The number of imide groups is 1. The maximum Gasteiger partial charge on any atom is 0.238 e. The van der Waals surface area contributed by atoms with Crippen LogP contribution in [0.3, 0.4) is 0 Å². The molecule has 0 radical (unpaired) electrons. The second-order valence-corrected chi connectivity index (χ2v) is 9.37. The number of rotatable bonds is 5. The molecule has 0 unspecified atom stereocenters. The average Bonchev–Trinajstić information content (AvgIpc) is 3.59. The number of oxime groups is 1. The Balaban J connectivity index is 1.32. The van der Waals surface area contributed by atoms with Gasteiger partial charge in [0.05, 0.1) is 37.5 Å². The fraction of sp³-hybridized carbons (Fsp3) is 0.385. The van der Waals surface area contributed by atoms with Crippen molar-refractivity contribution in [2.24, 2.45) is 34.7 Å². The first-order chi connectivity index (χ1) is 16.4. The summed E-state index contributed by atoms with van der Waals surface area (Å²) >= 11 is 0. The van der Waals surface area contributed by atoms with Crippen LogP contribution in [-0.2, 0) is 14.4 Å². The highest BCUT2D eigenvalue weighted by molar-refractivity contribution is 6.23. The van der Waals surface area contributed by atoms with Gasteiger partial charge in [-0.25, -0.2) is 0 Å². The summed E-state index contributed by atoms with van der Waals surface area (Å²) in [4.78, 5) is 45.8. The van der Waals surface area contributed by atoms with Gasteiger partial charge in [-0.3, -0.25) is 19.3 Å². The minimum absolute atomic E-state index is 0.0361. The molecule has 174 valence electrons. The molecule has 34 heavy (non-hydrogen) atoms. The number of Topliss-reactive ketones (excluding diaryl/α,β-unsaturated/α-hetero) is 1. The van der Waals surface area contributed by atoms with Crippen molar-refractivity contribution in [3.63, 3.8) is 0 Å². The number of nitrogens with zero attached hydrogens (tertiary/aromatic N) is 2. The molecule has 3 fully saturated rings.